The Balaban J connectivity index is 1.64. The molecular formula is C25H42. The third kappa shape index (κ3) is 4.61. The summed E-state index contributed by atoms with van der Waals surface area (Å²) >= 11 is 0. The molecule has 0 heterocycles. The van der Waals surface area contributed by atoms with Crippen molar-refractivity contribution in [1.82, 2.24) is 0 Å². The van der Waals surface area contributed by atoms with Crippen molar-refractivity contribution in [1.29, 1.82) is 0 Å². The van der Waals surface area contributed by atoms with E-state index in [1.807, 2.05) is 0 Å². The maximum atomic E-state index is 2.57. The third-order valence-electron chi connectivity index (χ3n) is 7.81. The van der Waals surface area contributed by atoms with E-state index in [1.54, 1.807) is 0 Å². The lowest BCUT2D eigenvalue weighted by molar-refractivity contribution is 0.0304. The van der Waals surface area contributed by atoms with Gasteiger partial charge in [0, 0.05) is 5.92 Å². The summed E-state index contributed by atoms with van der Waals surface area (Å²) in [6.45, 7) is 2.32. The quantitative estimate of drug-likeness (QED) is 0.332. The summed E-state index contributed by atoms with van der Waals surface area (Å²) in [4.78, 5) is 0. The molecule has 3 aliphatic carbocycles. The van der Waals surface area contributed by atoms with Crippen LogP contribution in [0.5, 0.6) is 0 Å². The summed E-state index contributed by atoms with van der Waals surface area (Å²) in [6, 6.07) is 0. The highest BCUT2D eigenvalue weighted by Gasteiger charge is 2.49. The molecule has 0 aromatic heterocycles. The molecule has 0 spiro atoms. The summed E-state index contributed by atoms with van der Waals surface area (Å²) in [7, 11) is 0. The Labute approximate surface area is 157 Å². The molecule has 0 nitrogen and oxygen atoms in total. The highest BCUT2D eigenvalue weighted by molar-refractivity contribution is 5.23. The molecule has 0 heteroatoms. The zero-order chi connectivity index (χ0) is 17.4. The molecule has 0 aromatic rings. The van der Waals surface area contributed by atoms with Crippen LogP contribution in [0.4, 0.5) is 0 Å². The van der Waals surface area contributed by atoms with Crippen molar-refractivity contribution < 1.29 is 0 Å². The van der Waals surface area contributed by atoms with Crippen molar-refractivity contribution >= 4 is 0 Å². The fourth-order valence-electron chi connectivity index (χ4n) is 6.56. The molecule has 2 saturated carbocycles. The standard InChI is InChI=1S/C25H42/c1-2-3-4-5-6-7-14-21-25(22-15-8-9-16-22,23-17-10-11-18-23)24-19-12-13-20-24/h8-9,15-16,22-24H,2-7,10-14,17-21H2,1H3. The second-order valence-corrected chi connectivity index (χ2v) is 9.24. The van der Waals surface area contributed by atoms with E-state index in [9.17, 15) is 0 Å². The Hall–Kier alpha value is -0.520. The molecule has 25 heavy (non-hydrogen) atoms. The fourth-order valence-corrected chi connectivity index (χ4v) is 6.56. The summed E-state index contributed by atoms with van der Waals surface area (Å²) in [5.74, 6) is 2.76. The number of hydrogen-bond donors (Lipinski definition) is 0. The highest BCUT2D eigenvalue weighted by Crippen LogP contribution is 2.58. The Morgan fingerprint density at radius 1 is 0.680 bits per heavy atom. The average molecular weight is 343 g/mol. The lowest BCUT2D eigenvalue weighted by Crippen LogP contribution is -2.41. The molecule has 3 rings (SSSR count). The van der Waals surface area contributed by atoms with Gasteiger partial charge >= 0.3 is 0 Å². The van der Waals surface area contributed by atoms with Gasteiger partial charge in [-0.25, -0.2) is 0 Å². The smallest absolute Gasteiger partial charge is 0.00146 e. The molecule has 0 unspecified atom stereocenters. The van der Waals surface area contributed by atoms with Gasteiger partial charge in [0.25, 0.3) is 0 Å². The number of unbranched alkanes of at least 4 members (excludes halogenated alkanes) is 6. The van der Waals surface area contributed by atoms with Gasteiger partial charge in [-0.05, 0) is 49.4 Å². The average Bonchev–Trinajstić information content (AvgIpc) is 3.41. The van der Waals surface area contributed by atoms with Gasteiger partial charge < -0.3 is 0 Å². The van der Waals surface area contributed by atoms with E-state index in [1.165, 1.54) is 103 Å². The zero-order valence-corrected chi connectivity index (χ0v) is 16.9. The molecule has 0 aliphatic heterocycles. The molecule has 3 aliphatic rings. The van der Waals surface area contributed by atoms with E-state index < -0.39 is 0 Å². The molecule has 2 fully saturated rings. The van der Waals surface area contributed by atoms with Crippen LogP contribution in [0, 0.1) is 23.2 Å². The van der Waals surface area contributed by atoms with E-state index in [-0.39, 0.29) is 0 Å². The Morgan fingerprint density at radius 3 is 1.68 bits per heavy atom. The molecule has 0 amide bonds. The topological polar surface area (TPSA) is 0 Å². The number of allylic oxidation sites excluding steroid dienone is 4. The molecule has 0 radical (unpaired) electrons. The van der Waals surface area contributed by atoms with Crippen LogP contribution in [0.25, 0.3) is 0 Å². The van der Waals surface area contributed by atoms with Crippen molar-refractivity contribution in [2.75, 3.05) is 0 Å². The number of rotatable bonds is 11. The minimum Gasteiger partial charge on any atom is -0.0770 e. The summed E-state index contributed by atoms with van der Waals surface area (Å²) in [5.41, 5.74) is 0.611. The first-order valence-corrected chi connectivity index (χ1v) is 11.7. The van der Waals surface area contributed by atoms with Crippen molar-refractivity contribution in [3.05, 3.63) is 24.3 Å². The predicted molar refractivity (Wildman–Crippen MR) is 111 cm³/mol. The van der Waals surface area contributed by atoms with Crippen molar-refractivity contribution in [2.24, 2.45) is 23.2 Å². The van der Waals surface area contributed by atoms with Gasteiger partial charge in [-0.3, -0.25) is 0 Å². The van der Waals surface area contributed by atoms with Gasteiger partial charge in [0.15, 0.2) is 0 Å². The Kier molecular flexibility index (Phi) is 7.68. The Bertz CT molecular complexity index is 389. The first-order valence-electron chi connectivity index (χ1n) is 11.7. The van der Waals surface area contributed by atoms with Gasteiger partial charge in [-0.2, -0.15) is 0 Å². The molecule has 0 aromatic carbocycles. The van der Waals surface area contributed by atoms with Crippen LogP contribution in [0.2, 0.25) is 0 Å². The van der Waals surface area contributed by atoms with Crippen LogP contribution in [0.1, 0.15) is 110 Å². The van der Waals surface area contributed by atoms with Crippen LogP contribution < -0.4 is 0 Å². The monoisotopic (exact) mass is 342 g/mol. The molecule has 0 bridgehead atoms. The van der Waals surface area contributed by atoms with Crippen molar-refractivity contribution in [3.63, 3.8) is 0 Å². The molecule has 0 saturated heterocycles. The highest BCUT2D eigenvalue weighted by atomic mass is 14.5. The molecule has 0 atom stereocenters. The normalized spacial score (nSPS) is 22.6. The van der Waals surface area contributed by atoms with E-state index >= 15 is 0 Å². The van der Waals surface area contributed by atoms with Crippen molar-refractivity contribution in [2.45, 2.75) is 110 Å². The largest absolute Gasteiger partial charge is 0.0770 e. The van der Waals surface area contributed by atoms with Crippen LogP contribution >= 0.6 is 0 Å². The zero-order valence-electron chi connectivity index (χ0n) is 16.9. The number of hydrogen-bond acceptors (Lipinski definition) is 0. The van der Waals surface area contributed by atoms with Gasteiger partial charge in [0.2, 0.25) is 0 Å². The summed E-state index contributed by atoms with van der Waals surface area (Å²) in [5, 5.41) is 0. The first-order chi connectivity index (χ1) is 12.4. The lowest BCUT2D eigenvalue weighted by atomic mass is 9.56. The van der Waals surface area contributed by atoms with E-state index in [0.717, 1.165) is 17.8 Å². The van der Waals surface area contributed by atoms with Gasteiger partial charge in [0.05, 0.1) is 0 Å². The van der Waals surface area contributed by atoms with Gasteiger partial charge in [-0.1, -0.05) is 102 Å². The minimum atomic E-state index is 0.611. The van der Waals surface area contributed by atoms with Crippen LogP contribution in [-0.4, -0.2) is 0 Å². The Morgan fingerprint density at radius 2 is 1.16 bits per heavy atom. The van der Waals surface area contributed by atoms with Gasteiger partial charge in [0.1, 0.15) is 0 Å². The van der Waals surface area contributed by atoms with Crippen LogP contribution in [0.3, 0.4) is 0 Å². The summed E-state index contributed by atoms with van der Waals surface area (Å²) < 4.78 is 0. The minimum absolute atomic E-state index is 0.611. The summed E-state index contributed by atoms with van der Waals surface area (Å²) in [6.07, 6.45) is 33.6. The first kappa shape index (κ1) is 19.2. The fraction of sp³-hybridized carbons (Fsp3) is 0.840. The van der Waals surface area contributed by atoms with Gasteiger partial charge in [-0.15, -0.1) is 0 Å². The second kappa shape index (κ2) is 9.98. The van der Waals surface area contributed by atoms with Crippen LogP contribution in [-0.2, 0) is 0 Å². The van der Waals surface area contributed by atoms with E-state index in [2.05, 4.69) is 31.2 Å². The van der Waals surface area contributed by atoms with Crippen molar-refractivity contribution in [3.8, 4) is 0 Å². The lowest BCUT2D eigenvalue weighted by Gasteiger charge is -2.48. The molecular weight excluding hydrogens is 300 g/mol. The van der Waals surface area contributed by atoms with E-state index in [0.29, 0.717) is 5.41 Å². The maximum Gasteiger partial charge on any atom is 0.00146 e. The predicted octanol–water partition coefficient (Wildman–Crippen LogP) is 8.24. The second-order valence-electron chi connectivity index (χ2n) is 9.24. The third-order valence-corrected chi connectivity index (χ3v) is 7.81. The van der Waals surface area contributed by atoms with Crippen LogP contribution in [0.15, 0.2) is 24.3 Å². The maximum absolute atomic E-state index is 2.57. The molecule has 0 N–H and O–H groups in total. The SMILES string of the molecule is CCCCCCCCCC(C1C=CC=C1)(C1CCCC1)C1CCCC1. The molecule has 142 valence electrons. The van der Waals surface area contributed by atoms with E-state index in [4.69, 9.17) is 0 Å².